The molecule has 1 aromatic heterocycles. The second-order valence-corrected chi connectivity index (χ2v) is 4.78. The molecule has 0 radical (unpaired) electrons. The number of carboxylic acids is 1. The van der Waals surface area contributed by atoms with E-state index in [-0.39, 0.29) is 18.2 Å². The van der Waals surface area contributed by atoms with Gasteiger partial charge in [-0.1, -0.05) is 6.92 Å². The van der Waals surface area contributed by atoms with E-state index in [0.717, 1.165) is 28.7 Å². The molecule has 0 spiro atoms. The van der Waals surface area contributed by atoms with E-state index in [1.54, 1.807) is 18.2 Å². The third kappa shape index (κ3) is 2.88. The molecule has 0 bridgehead atoms. The van der Waals surface area contributed by atoms with Gasteiger partial charge in [0.25, 0.3) is 0 Å². The average molecular weight is 274 g/mol. The molecule has 1 aromatic carbocycles. The summed E-state index contributed by atoms with van der Waals surface area (Å²) >= 11 is 0. The Morgan fingerprint density at radius 2 is 2.15 bits per heavy atom. The van der Waals surface area contributed by atoms with E-state index in [4.69, 9.17) is 5.11 Å². The second kappa shape index (κ2) is 5.88. The van der Waals surface area contributed by atoms with Crippen molar-refractivity contribution in [2.75, 3.05) is 11.9 Å². The van der Waals surface area contributed by atoms with Crippen molar-refractivity contribution in [1.82, 2.24) is 4.98 Å². The summed E-state index contributed by atoms with van der Waals surface area (Å²) in [4.78, 5) is 15.5. The van der Waals surface area contributed by atoms with Gasteiger partial charge < -0.3 is 15.5 Å². The number of rotatable bonds is 5. The first-order chi connectivity index (χ1) is 9.55. The molecule has 0 unspecified atom stereocenters. The van der Waals surface area contributed by atoms with Crippen LogP contribution < -0.4 is 5.32 Å². The number of hydrogen-bond acceptors (Lipinski definition) is 4. The first-order valence-electron chi connectivity index (χ1n) is 6.57. The zero-order chi connectivity index (χ0) is 14.7. The van der Waals surface area contributed by atoms with Crippen LogP contribution >= 0.6 is 0 Å². The maximum atomic E-state index is 11.1. The molecule has 20 heavy (non-hydrogen) atoms. The number of aromatic nitrogens is 1. The highest BCUT2D eigenvalue weighted by atomic mass is 16.4. The highest BCUT2D eigenvalue weighted by Crippen LogP contribution is 2.25. The summed E-state index contributed by atoms with van der Waals surface area (Å²) in [5, 5.41) is 22.4. The van der Waals surface area contributed by atoms with E-state index < -0.39 is 5.97 Å². The minimum atomic E-state index is -0.965. The molecular formula is C15H18N2O3. The van der Waals surface area contributed by atoms with Gasteiger partial charge in [0, 0.05) is 22.8 Å². The molecule has 5 nitrogen and oxygen atoms in total. The maximum Gasteiger partial charge on any atom is 0.335 e. The Hall–Kier alpha value is -2.14. The van der Waals surface area contributed by atoms with Crippen LogP contribution in [0.5, 0.6) is 0 Å². The molecule has 2 aromatic rings. The lowest BCUT2D eigenvalue weighted by Crippen LogP contribution is -2.22. The van der Waals surface area contributed by atoms with Gasteiger partial charge in [0.2, 0.25) is 0 Å². The molecule has 0 saturated heterocycles. The van der Waals surface area contributed by atoms with Crippen molar-refractivity contribution < 1.29 is 15.0 Å². The molecule has 1 atom stereocenters. The number of aromatic carboxylic acids is 1. The summed E-state index contributed by atoms with van der Waals surface area (Å²) in [6.07, 6.45) is 0.776. The van der Waals surface area contributed by atoms with Gasteiger partial charge >= 0.3 is 5.97 Å². The molecule has 3 N–H and O–H groups in total. The van der Waals surface area contributed by atoms with Crippen LogP contribution in [0.4, 0.5) is 5.69 Å². The van der Waals surface area contributed by atoms with Crippen LogP contribution in [0.3, 0.4) is 0 Å². The number of carboxylic acid groups (broad SMARTS) is 1. The number of anilines is 1. The van der Waals surface area contributed by atoms with Crippen LogP contribution in [-0.4, -0.2) is 33.8 Å². The molecule has 1 heterocycles. The number of carbonyl (C=O) groups is 1. The van der Waals surface area contributed by atoms with Crippen molar-refractivity contribution in [3.63, 3.8) is 0 Å². The van der Waals surface area contributed by atoms with Crippen molar-refractivity contribution >= 4 is 22.6 Å². The fraction of sp³-hybridized carbons (Fsp3) is 0.333. The van der Waals surface area contributed by atoms with Crippen LogP contribution in [0.25, 0.3) is 10.9 Å². The van der Waals surface area contributed by atoms with Gasteiger partial charge in [0.1, 0.15) is 0 Å². The van der Waals surface area contributed by atoms with Crippen LogP contribution in [0.1, 0.15) is 29.4 Å². The summed E-state index contributed by atoms with van der Waals surface area (Å²) in [6, 6.07) is 6.66. The molecule has 0 fully saturated rings. The Kier molecular flexibility index (Phi) is 4.20. The molecule has 0 aliphatic heterocycles. The van der Waals surface area contributed by atoms with Crippen molar-refractivity contribution in [2.24, 2.45) is 0 Å². The zero-order valence-electron chi connectivity index (χ0n) is 11.6. The highest BCUT2D eigenvalue weighted by Gasteiger charge is 2.11. The molecule has 0 amide bonds. The summed E-state index contributed by atoms with van der Waals surface area (Å²) < 4.78 is 0. The monoisotopic (exact) mass is 274 g/mol. The molecule has 0 aliphatic carbocycles. The van der Waals surface area contributed by atoms with E-state index in [1.807, 2.05) is 19.9 Å². The van der Waals surface area contributed by atoms with E-state index in [0.29, 0.717) is 0 Å². The number of benzene rings is 1. The number of aryl methyl sites for hydroxylation is 1. The standard InChI is InChI=1S/C15H18N2O3/c1-3-11(8-18)17-14-6-9(2)16-13-5-4-10(15(19)20)7-12(13)14/h4-7,11,18H,3,8H2,1-2H3,(H,16,17)(H,19,20)/t11-/m0/s1. The first-order valence-corrected chi connectivity index (χ1v) is 6.57. The third-order valence-corrected chi connectivity index (χ3v) is 3.26. The quantitative estimate of drug-likeness (QED) is 0.780. The largest absolute Gasteiger partial charge is 0.478 e. The molecule has 0 aliphatic rings. The predicted octanol–water partition coefficient (Wildman–Crippen LogP) is 2.42. The van der Waals surface area contributed by atoms with E-state index >= 15 is 0 Å². The molecule has 2 rings (SSSR count). The zero-order valence-corrected chi connectivity index (χ0v) is 11.6. The number of hydrogen-bond donors (Lipinski definition) is 3. The third-order valence-electron chi connectivity index (χ3n) is 3.26. The topological polar surface area (TPSA) is 82.5 Å². The number of aliphatic hydroxyl groups excluding tert-OH is 1. The lowest BCUT2D eigenvalue weighted by Gasteiger charge is -2.17. The lowest BCUT2D eigenvalue weighted by molar-refractivity contribution is 0.0697. The first kappa shape index (κ1) is 14.3. The van der Waals surface area contributed by atoms with E-state index in [2.05, 4.69) is 10.3 Å². The Morgan fingerprint density at radius 3 is 2.75 bits per heavy atom. The van der Waals surface area contributed by atoms with Gasteiger partial charge in [-0.3, -0.25) is 4.98 Å². The second-order valence-electron chi connectivity index (χ2n) is 4.78. The van der Waals surface area contributed by atoms with Crippen molar-refractivity contribution in [1.29, 1.82) is 0 Å². The normalized spacial score (nSPS) is 12.3. The minimum Gasteiger partial charge on any atom is -0.478 e. The molecule has 106 valence electrons. The number of nitrogens with one attached hydrogen (secondary N) is 1. The van der Waals surface area contributed by atoms with Crippen molar-refractivity contribution in [3.8, 4) is 0 Å². The summed E-state index contributed by atoms with van der Waals surface area (Å²) in [6.45, 7) is 3.89. The van der Waals surface area contributed by atoms with Gasteiger partial charge in [0.15, 0.2) is 0 Å². The van der Waals surface area contributed by atoms with E-state index in [1.165, 1.54) is 0 Å². The number of aliphatic hydroxyl groups is 1. The Labute approximate surface area is 117 Å². The Balaban J connectivity index is 2.55. The Morgan fingerprint density at radius 1 is 1.40 bits per heavy atom. The SMILES string of the molecule is CC[C@@H](CO)Nc1cc(C)nc2ccc(C(=O)O)cc12. The van der Waals surface area contributed by atoms with Crippen LogP contribution in [0.15, 0.2) is 24.3 Å². The summed E-state index contributed by atoms with van der Waals surface area (Å²) in [5.41, 5.74) is 2.61. The molecule has 0 saturated carbocycles. The predicted molar refractivity (Wildman–Crippen MR) is 78.2 cm³/mol. The smallest absolute Gasteiger partial charge is 0.335 e. The lowest BCUT2D eigenvalue weighted by atomic mass is 10.1. The van der Waals surface area contributed by atoms with Crippen LogP contribution in [-0.2, 0) is 0 Å². The highest BCUT2D eigenvalue weighted by molar-refractivity contribution is 5.98. The van der Waals surface area contributed by atoms with Gasteiger partial charge in [-0.15, -0.1) is 0 Å². The minimum absolute atomic E-state index is 0.0258. The number of fused-ring (bicyclic) bond motifs is 1. The van der Waals surface area contributed by atoms with Crippen molar-refractivity contribution in [3.05, 3.63) is 35.5 Å². The van der Waals surface area contributed by atoms with Crippen LogP contribution in [0.2, 0.25) is 0 Å². The summed E-state index contributed by atoms with van der Waals surface area (Å²) in [7, 11) is 0. The van der Waals surface area contributed by atoms with Crippen molar-refractivity contribution in [2.45, 2.75) is 26.3 Å². The fourth-order valence-corrected chi connectivity index (χ4v) is 2.11. The van der Waals surface area contributed by atoms with Gasteiger partial charge in [-0.2, -0.15) is 0 Å². The summed E-state index contributed by atoms with van der Waals surface area (Å²) in [5.74, 6) is -0.965. The number of nitrogens with zero attached hydrogens (tertiary/aromatic N) is 1. The van der Waals surface area contributed by atoms with Gasteiger partial charge in [-0.25, -0.2) is 4.79 Å². The van der Waals surface area contributed by atoms with E-state index in [9.17, 15) is 9.90 Å². The molecular weight excluding hydrogens is 256 g/mol. The van der Waals surface area contributed by atoms with Gasteiger partial charge in [-0.05, 0) is 37.6 Å². The van der Waals surface area contributed by atoms with Gasteiger partial charge in [0.05, 0.1) is 17.7 Å². The Bertz CT molecular complexity index is 636. The molecule has 5 heteroatoms. The number of pyridine rings is 1. The fourth-order valence-electron chi connectivity index (χ4n) is 2.11. The maximum absolute atomic E-state index is 11.1. The average Bonchev–Trinajstić information content (AvgIpc) is 2.43. The van der Waals surface area contributed by atoms with Crippen LogP contribution in [0, 0.1) is 6.92 Å².